The van der Waals surface area contributed by atoms with Gasteiger partial charge in [-0.15, -0.1) is 0 Å². The van der Waals surface area contributed by atoms with Crippen molar-refractivity contribution in [2.75, 3.05) is 5.32 Å². The highest BCUT2D eigenvalue weighted by atomic mass is 35.5. The number of carbonyl (C=O) groups is 3. The first-order chi connectivity index (χ1) is 17.3. The number of nitrogens with zero attached hydrogens (tertiary/aromatic N) is 1. The van der Waals surface area contributed by atoms with Crippen LogP contribution < -0.4 is 15.5 Å². The van der Waals surface area contributed by atoms with E-state index in [-0.39, 0.29) is 5.75 Å². The topological polar surface area (TPSA) is 96.9 Å². The molecule has 2 amide bonds. The van der Waals surface area contributed by atoms with Crippen molar-refractivity contribution in [2.45, 2.75) is 13.8 Å². The number of ether oxygens (including phenoxy) is 1. The maximum absolute atomic E-state index is 12.8. The minimum Gasteiger partial charge on any atom is -0.422 e. The average molecular weight is 500 g/mol. The summed E-state index contributed by atoms with van der Waals surface area (Å²) >= 11 is 6.06. The Kier molecular flexibility index (Phi) is 7.42. The van der Waals surface area contributed by atoms with Crippen LogP contribution in [0, 0.1) is 13.8 Å². The summed E-state index contributed by atoms with van der Waals surface area (Å²) in [5, 5.41) is 8.56. The molecule has 0 unspecified atom stereocenters. The summed E-state index contributed by atoms with van der Waals surface area (Å²) in [7, 11) is 0. The number of rotatable bonds is 5. The van der Waals surface area contributed by atoms with Crippen LogP contribution in [0.2, 0.25) is 5.02 Å². The zero-order valence-electron chi connectivity index (χ0n) is 19.5. The van der Waals surface area contributed by atoms with E-state index in [1.807, 2.05) is 43.3 Å². The predicted molar refractivity (Wildman–Crippen MR) is 141 cm³/mol. The van der Waals surface area contributed by atoms with E-state index in [0.29, 0.717) is 27.4 Å². The number of aryl methyl sites for hydroxylation is 1. The van der Waals surface area contributed by atoms with Gasteiger partial charge >= 0.3 is 17.8 Å². The fourth-order valence-electron chi connectivity index (χ4n) is 3.56. The molecule has 0 fully saturated rings. The Bertz CT molecular complexity index is 1510. The summed E-state index contributed by atoms with van der Waals surface area (Å²) in [5.41, 5.74) is 5.09. The minimum absolute atomic E-state index is 0.261. The zero-order valence-corrected chi connectivity index (χ0v) is 20.3. The highest BCUT2D eigenvalue weighted by molar-refractivity contribution is 6.40. The van der Waals surface area contributed by atoms with E-state index in [1.165, 1.54) is 6.21 Å². The number of nitrogens with one attached hydrogen (secondary N) is 2. The maximum atomic E-state index is 12.8. The van der Waals surface area contributed by atoms with E-state index in [1.54, 1.807) is 49.4 Å². The summed E-state index contributed by atoms with van der Waals surface area (Å²) in [6.07, 6.45) is 1.34. The highest BCUT2D eigenvalue weighted by Gasteiger charge is 2.16. The Hall–Kier alpha value is -4.49. The summed E-state index contributed by atoms with van der Waals surface area (Å²) in [4.78, 5) is 37.4. The quantitative estimate of drug-likeness (QED) is 0.126. The van der Waals surface area contributed by atoms with Gasteiger partial charge in [-0.25, -0.2) is 10.2 Å². The van der Waals surface area contributed by atoms with E-state index in [9.17, 15) is 14.4 Å². The molecule has 0 bridgehead atoms. The number of amides is 2. The van der Waals surface area contributed by atoms with Crippen LogP contribution in [0.1, 0.15) is 27.0 Å². The summed E-state index contributed by atoms with van der Waals surface area (Å²) < 4.78 is 5.67. The minimum atomic E-state index is -0.968. The summed E-state index contributed by atoms with van der Waals surface area (Å²) in [5.74, 6) is -2.13. The van der Waals surface area contributed by atoms with Crippen LogP contribution in [-0.4, -0.2) is 24.0 Å². The van der Waals surface area contributed by atoms with Gasteiger partial charge < -0.3 is 10.1 Å². The molecule has 0 atom stereocenters. The van der Waals surface area contributed by atoms with E-state index in [2.05, 4.69) is 15.8 Å². The first-order valence-electron chi connectivity index (χ1n) is 11.0. The molecule has 36 heavy (non-hydrogen) atoms. The standard InChI is InChI=1S/C28H22ClN3O4/c1-17-7-5-9-20(15-17)28(35)36-25-14-13-19-8-3-4-10-21(19)22(25)16-30-32-27(34)26(33)31-24-12-6-11-23(29)18(24)2/h3-16H,1-2H3,(H,31,33)(H,32,34)/b30-16-. The van der Waals surface area contributed by atoms with Crippen molar-refractivity contribution >= 4 is 52.1 Å². The molecule has 0 spiro atoms. The average Bonchev–Trinajstić information content (AvgIpc) is 2.87. The highest BCUT2D eigenvalue weighted by Crippen LogP contribution is 2.27. The molecule has 0 heterocycles. The molecule has 0 aromatic heterocycles. The normalized spacial score (nSPS) is 10.9. The van der Waals surface area contributed by atoms with E-state index in [4.69, 9.17) is 16.3 Å². The van der Waals surface area contributed by atoms with Crippen LogP contribution in [0.3, 0.4) is 0 Å². The Morgan fingerprint density at radius 3 is 2.47 bits per heavy atom. The van der Waals surface area contributed by atoms with Gasteiger partial charge in [-0.2, -0.15) is 5.10 Å². The number of esters is 1. The molecule has 4 aromatic rings. The smallest absolute Gasteiger partial charge is 0.343 e. The van der Waals surface area contributed by atoms with Crippen molar-refractivity contribution in [2.24, 2.45) is 5.10 Å². The van der Waals surface area contributed by atoms with Crippen LogP contribution in [0.15, 0.2) is 84.0 Å². The molecule has 0 aliphatic heterocycles. The first kappa shape index (κ1) is 24.6. The SMILES string of the molecule is Cc1cccc(C(=O)Oc2ccc3ccccc3c2/C=N\NC(=O)C(=O)Nc2cccc(Cl)c2C)c1. The van der Waals surface area contributed by atoms with Crippen molar-refractivity contribution in [3.05, 3.63) is 106 Å². The number of hydrazone groups is 1. The molecule has 4 aromatic carbocycles. The van der Waals surface area contributed by atoms with Crippen LogP contribution in [0.5, 0.6) is 5.75 Å². The van der Waals surface area contributed by atoms with Crippen LogP contribution in [-0.2, 0) is 9.59 Å². The van der Waals surface area contributed by atoms with Crippen molar-refractivity contribution in [3.63, 3.8) is 0 Å². The van der Waals surface area contributed by atoms with Crippen molar-refractivity contribution in [3.8, 4) is 5.75 Å². The third-order valence-electron chi connectivity index (χ3n) is 5.47. The van der Waals surface area contributed by atoms with Gasteiger partial charge in [-0.3, -0.25) is 9.59 Å². The molecule has 0 saturated carbocycles. The predicted octanol–water partition coefficient (Wildman–Crippen LogP) is 5.42. The Morgan fingerprint density at radius 2 is 1.67 bits per heavy atom. The van der Waals surface area contributed by atoms with E-state index >= 15 is 0 Å². The lowest BCUT2D eigenvalue weighted by Crippen LogP contribution is -2.32. The van der Waals surface area contributed by atoms with Gasteiger partial charge in [0.2, 0.25) is 0 Å². The van der Waals surface area contributed by atoms with E-state index < -0.39 is 17.8 Å². The third-order valence-corrected chi connectivity index (χ3v) is 5.88. The number of benzene rings is 4. The Morgan fingerprint density at radius 1 is 0.889 bits per heavy atom. The van der Waals surface area contributed by atoms with Gasteiger partial charge in [0, 0.05) is 16.3 Å². The fraction of sp³-hybridized carbons (Fsp3) is 0.0714. The number of hydrogen-bond donors (Lipinski definition) is 2. The molecule has 8 heteroatoms. The second-order valence-electron chi connectivity index (χ2n) is 8.02. The van der Waals surface area contributed by atoms with Crippen LogP contribution in [0.25, 0.3) is 10.8 Å². The van der Waals surface area contributed by atoms with Gasteiger partial charge in [-0.05, 0) is 60.5 Å². The van der Waals surface area contributed by atoms with Gasteiger partial charge in [0.25, 0.3) is 0 Å². The molecule has 0 saturated heterocycles. The Balaban J connectivity index is 1.55. The molecule has 7 nitrogen and oxygen atoms in total. The number of anilines is 1. The second kappa shape index (κ2) is 10.8. The van der Waals surface area contributed by atoms with Gasteiger partial charge in [0.1, 0.15) is 5.75 Å². The first-order valence-corrected chi connectivity index (χ1v) is 11.4. The van der Waals surface area contributed by atoms with E-state index in [0.717, 1.165) is 16.3 Å². The fourth-order valence-corrected chi connectivity index (χ4v) is 3.73. The molecule has 4 rings (SSSR count). The number of hydrogen-bond acceptors (Lipinski definition) is 5. The summed E-state index contributed by atoms with van der Waals surface area (Å²) in [6.45, 7) is 3.62. The van der Waals surface area contributed by atoms with Gasteiger partial charge in [0.05, 0.1) is 11.8 Å². The number of halogens is 1. The Labute approximate surface area is 212 Å². The maximum Gasteiger partial charge on any atom is 0.343 e. The van der Waals surface area contributed by atoms with Crippen molar-refractivity contribution in [1.29, 1.82) is 0 Å². The largest absolute Gasteiger partial charge is 0.422 e. The molecule has 180 valence electrons. The molecule has 2 N–H and O–H groups in total. The molecule has 0 aliphatic carbocycles. The van der Waals surface area contributed by atoms with Crippen molar-refractivity contribution in [1.82, 2.24) is 5.43 Å². The lowest BCUT2D eigenvalue weighted by Gasteiger charge is -2.11. The van der Waals surface area contributed by atoms with Crippen LogP contribution in [0.4, 0.5) is 5.69 Å². The summed E-state index contributed by atoms with van der Waals surface area (Å²) in [6, 6.07) is 23.0. The number of fused-ring (bicyclic) bond motifs is 1. The molecule has 0 radical (unpaired) electrons. The van der Waals surface area contributed by atoms with Crippen molar-refractivity contribution < 1.29 is 19.1 Å². The number of carbonyl (C=O) groups excluding carboxylic acids is 3. The lowest BCUT2D eigenvalue weighted by atomic mass is 10.0. The zero-order chi connectivity index (χ0) is 25.7. The second-order valence-corrected chi connectivity index (χ2v) is 8.43. The lowest BCUT2D eigenvalue weighted by molar-refractivity contribution is -0.136. The monoisotopic (exact) mass is 499 g/mol. The van der Waals surface area contributed by atoms with Gasteiger partial charge in [-0.1, -0.05) is 65.7 Å². The third kappa shape index (κ3) is 5.59. The molecular weight excluding hydrogens is 478 g/mol. The molecule has 0 aliphatic rings. The van der Waals surface area contributed by atoms with Gasteiger partial charge in [0.15, 0.2) is 0 Å². The molecular formula is C28H22ClN3O4. The van der Waals surface area contributed by atoms with Crippen LogP contribution >= 0.6 is 11.6 Å².